The molecule has 8 heteroatoms. The van der Waals surface area contributed by atoms with Crippen LogP contribution in [0.1, 0.15) is 23.1 Å². The van der Waals surface area contributed by atoms with Gasteiger partial charge in [-0.05, 0) is 6.92 Å². The SMILES string of the molecule is CC(=O)N1CCN(C(=O)c2cnc(C)cn2)C[C@@H]1C(=O)N(C)C. The lowest BCUT2D eigenvalue weighted by Crippen LogP contribution is -2.61. The maximum absolute atomic E-state index is 12.5. The van der Waals surface area contributed by atoms with E-state index in [0.29, 0.717) is 13.1 Å². The summed E-state index contributed by atoms with van der Waals surface area (Å²) in [5, 5.41) is 0. The highest BCUT2D eigenvalue weighted by Gasteiger charge is 2.36. The molecule has 0 aromatic carbocycles. The van der Waals surface area contributed by atoms with E-state index >= 15 is 0 Å². The predicted molar refractivity (Wildman–Crippen MR) is 82.5 cm³/mol. The number of likely N-dealkylation sites (N-methyl/N-ethyl adjacent to an activating group) is 1. The van der Waals surface area contributed by atoms with Gasteiger partial charge in [0.05, 0.1) is 18.4 Å². The highest BCUT2D eigenvalue weighted by molar-refractivity contribution is 5.93. The van der Waals surface area contributed by atoms with Crippen LogP contribution in [0.5, 0.6) is 0 Å². The second-order valence-electron chi connectivity index (χ2n) is 5.76. The minimum absolute atomic E-state index is 0.158. The average Bonchev–Trinajstić information content (AvgIpc) is 2.53. The molecule has 2 rings (SSSR count). The molecule has 1 saturated heterocycles. The van der Waals surface area contributed by atoms with Crippen LogP contribution in [0.3, 0.4) is 0 Å². The second-order valence-corrected chi connectivity index (χ2v) is 5.76. The van der Waals surface area contributed by atoms with E-state index in [1.807, 2.05) is 0 Å². The van der Waals surface area contributed by atoms with E-state index in [4.69, 9.17) is 0 Å². The largest absolute Gasteiger partial charge is 0.347 e. The molecule has 1 fully saturated rings. The number of carbonyl (C=O) groups is 3. The zero-order valence-electron chi connectivity index (χ0n) is 13.8. The molecule has 8 nitrogen and oxygen atoms in total. The van der Waals surface area contributed by atoms with Crippen molar-refractivity contribution in [1.82, 2.24) is 24.7 Å². The minimum atomic E-state index is -0.668. The lowest BCUT2D eigenvalue weighted by Gasteiger charge is -2.40. The van der Waals surface area contributed by atoms with E-state index in [0.717, 1.165) is 5.69 Å². The van der Waals surface area contributed by atoms with E-state index in [-0.39, 0.29) is 30.0 Å². The third-order valence-electron chi connectivity index (χ3n) is 3.80. The predicted octanol–water partition coefficient (Wildman–Crippen LogP) is -0.454. The molecule has 0 spiro atoms. The van der Waals surface area contributed by atoms with Gasteiger partial charge >= 0.3 is 0 Å². The van der Waals surface area contributed by atoms with E-state index in [1.165, 1.54) is 29.1 Å². The molecule has 0 unspecified atom stereocenters. The molecule has 124 valence electrons. The highest BCUT2D eigenvalue weighted by atomic mass is 16.2. The molecule has 1 aromatic heterocycles. The van der Waals surface area contributed by atoms with Crippen LogP contribution in [0.2, 0.25) is 0 Å². The molecule has 1 atom stereocenters. The van der Waals surface area contributed by atoms with Crippen LogP contribution in [0, 0.1) is 6.92 Å². The van der Waals surface area contributed by atoms with Crippen molar-refractivity contribution in [1.29, 1.82) is 0 Å². The third kappa shape index (κ3) is 3.64. The van der Waals surface area contributed by atoms with E-state index < -0.39 is 6.04 Å². The van der Waals surface area contributed by atoms with Gasteiger partial charge in [-0.15, -0.1) is 0 Å². The molecule has 23 heavy (non-hydrogen) atoms. The molecule has 0 radical (unpaired) electrons. The molecular formula is C15H21N5O3. The van der Waals surface area contributed by atoms with Crippen LogP contribution in [0.25, 0.3) is 0 Å². The Labute approximate surface area is 135 Å². The average molecular weight is 319 g/mol. The molecule has 3 amide bonds. The Bertz CT molecular complexity index is 614. The Kier molecular flexibility index (Phi) is 4.92. The van der Waals surface area contributed by atoms with Gasteiger partial charge in [-0.25, -0.2) is 4.98 Å². The lowest BCUT2D eigenvalue weighted by atomic mass is 10.1. The molecule has 0 N–H and O–H groups in total. The number of rotatable bonds is 2. The van der Waals surface area contributed by atoms with Crippen LogP contribution >= 0.6 is 0 Å². The van der Waals surface area contributed by atoms with Gasteiger partial charge < -0.3 is 14.7 Å². The monoisotopic (exact) mass is 319 g/mol. The van der Waals surface area contributed by atoms with Crippen LogP contribution in [0.4, 0.5) is 0 Å². The maximum atomic E-state index is 12.5. The van der Waals surface area contributed by atoms with Gasteiger partial charge in [0.25, 0.3) is 5.91 Å². The van der Waals surface area contributed by atoms with Crippen molar-refractivity contribution in [2.75, 3.05) is 33.7 Å². The molecule has 2 heterocycles. The number of aryl methyl sites for hydroxylation is 1. The summed E-state index contributed by atoms with van der Waals surface area (Å²) in [4.78, 5) is 49.2. The van der Waals surface area contributed by atoms with Crippen molar-refractivity contribution < 1.29 is 14.4 Å². The summed E-state index contributed by atoms with van der Waals surface area (Å²) in [6.07, 6.45) is 2.96. The van der Waals surface area contributed by atoms with Gasteiger partial charge in [0.1, 0.15) is 11.7 Å². The minimum Gasteiger partial charge on any atom is -0.347 e. The Hall–Kier alpha value is -2.51. The van der Waals surface area contributed by atoms with E-state index in [2.05, 4.69) is 9.97 Å². The Balaban J connectivity index is 2.19. The first-order valence-corrected chi connectivity index (χ1v) is 7.37. The molecule has 1 aliphatic heterocycles. The van der Waals surface area contributed by atoms with Gasteiger partial charge in [0, 0.05) is 40.3 Å². The highest BCUT2D eigenvalue weighted by Crippen LogP contribution is 2.14. The first-order valence-electron chi connectivity index (χ1n) is 7.37. The summed E-state index contributed by atoms with van der Waals surface area (Å²) in [6, 6.07) is -0.668. The maximum Gasteiger partial charge on any atom is 0.274 e. The Morgan fingerprint density at radius 1 is 1.17 bits per heavy atom. The summed E-state index contributed by atoms with van der Waals surface area (Å²) in [5.74, 6) is -0.655. The lowest BCUT2D eigenvalue weighted by molar-refractivity contribution is -0.146. The van der Waals surface area contributed by atoms with Crippen LogP contribution in [-0.4, -0.2) is 82.2 Å². The number of hydrogen-bond acceptors (Lipinski definition) is 5. The normalized spacial score (nSPS) is 17.8. The summed E-state index contributed by atoms with van der Waals surface area (Å²) >= 11 is 0. The van der Waals surface area contributed by atoms with Crippen LogP contribution in [0.15, 0.2) is 12.4 Å². The van der Waals surface area contributed by atoms with Gasteiger partial charge in [-0.3, -0.25) is 19.4 Å². The third-order valence-corrected chi connectivity index (χ3v) is 3.80. The summed E-state index contributed by atoms with van der Waals surface area (Å²) in [6.45, 7) is 4.07. The zero-order chi connectivity index (χ0) is 17.1. The summed E-state index contributed by atoms with van der Waals surface area (Å²) in [5.41, 5.74) is 0.964. The van der Waals surface area contributed by atoms with E-state index in [9.17, 15) is 14.4 Å². The van der Waals surface area contributed by atoms with E-state index in [1.54, 1.807) is 25.9 Å². The fraction of sp³-hybridized carbons (Fsp3) is 0.533. The zero-order valence-corrected chi connectivity index (χ0v) is 13.8. The second kappa shape index (κ2) is 6.72. The quantitative estimate of drug-likeness (QED) is 0.736. The number of carbonyl (C=O) groups excluding carboxylic acids is 3. The van der Waals surface area contributed by atoms with Crippen molar-refractivity contribution in [3.63, 3.8) is 0 Å². The molecular weight excluding hydrogens is 298 g/mol. The molecule has 1 aromatic rings. The topological polar surface area (TPSA) is 86.7 Å². The van der Waals surface area contributed by atoms with Crippen LogP contribution < -0.4 is 0 Å². The Morgan fingerprint density at radius 2 is 1.87 bits per heavy atom. The first-order chi connectivity index (χ1) is 10.8. The number of amides is 3. The number of hydrogen-bond donors (Lipinski definition) is 0. The van der Waals surface area contributed by atoms with Gasteiger partial charge in [0.15, 0.2) is 0 Å². The number of piperazine rings is 1. The van der Waals surface area contributed by atoms with Gasteiger partial charge in [-0.2, -0.15) is 0 Å². The molecule has 1 aliphatic rings. The van der Waals surface area contributed by atoms with Crippen LogP contribution in [-0.2, 0) is 9.59 Å². The first kappa shape index (κ1) is 16.9. The smallest absolute Gasteiger partial charge is 0.274 e. The molecule has 0 aliphatic carbocycles. The van der Waals surface area contributed by atoms with Crippen molar-refractivity contribution >= 4 is 17.7 Å². The van der Waals surface area contributed by atoms with Crippen molar-refractivity contribution in [2.45, 2.75) is 19.9 Å². The fourth-order valence-corrected chi connectivity index (χ4v) is 2.52. The molecule has 0 bridgehead atoms. The van der Waals surface area contributed by atoms with Crippen molar-refractivity contribution in [3.8, 4) is 0 Å². The summed E-state index contributed by atoms with van der Waals surface area (Å²) < 4.78 is 0. The van der Waals surface area contributed by atoms with Crippen molar-refractivity contribution in [2.24, 2.45) is 0 Å². The fourth-order valence-electron chi connectivity index (χ4n) is 2.52. The number of aromatic nitrogens is 2. The van der Waals surface area contributed by atoms with Gasteiger partial charge in [0.2, 0.25) is 11.8 Å². The number of nitrogens with zero attached hydrogens (tertiary/aromatic N) is 5. The summed E-state index contributed by atoms with van der Waals surface area (Å²) in [7, 11) is 3.26. The molecule has 0 saturated carbocycles. The Morgan fingerprint density at radius 3 is 2.39 bits per heavy atom. The van der Waals surface area contributed by atoms with Gasteiger partial charge in [-0.1, -0.05) is 0 Å². The standard InChI is InChI=1S/C15H21N5O3/c1-10-7-17-12(8-16-10)14(22)19-5-6-20(11(2)21)13(9-19)15(23)18(3)4/h7-8,13H,5-6,9H2,1-4H3/t13-/m1/s1. The van der Waals surface area contributed by atoms with Crippen molar-refractivity contribution in [3.05, 3.63) is 23.8 Å².